The number of benzene rings is 1. The van der Waals surface area contributed by atoms with Gasteiger partial charge >= 0.3 is 0 Å². The Labute approximate surface area is 182 Å². The van der Waals surface area contributed by atoms with E-state index in [0.717, 1.165) is 55.6 Å². The fourth-order valence-electron chi connectivity index (χ4n) is 3.45. The van der Waals surface area contributed by atoms with E-state index < -0.39 is 0 Å². The maximum atomic E-state index is 12.4. The Hall–Kier alpha value is -3.19. The number of hydrogen-bond donors (Lipinski definition) is 2. The molecule has 31 heavy (non-hydrogen) atoms. The number of aryl methyl sites for hydroxylation is 1. The second-order valence-electron chi connectivity index (χ2n) is 7.97. The van der Waals surface area contributed by atoms with Gasteiger partial charge in [-0.3, -0.25) is 14.8 Å². The number of nitrogens with zero attached hydrogens (tertiary/aromatic N) is 2. The summed E-state index contributed by atoms with van der Waals surface area (Å²) in [5.41, 5.74) is 9.81. The molecule has 1 saturated carbocycles. The third-order valence-corrected chi connectivity index (χ3v) is 5.43. The number of nitrogens with one attached hydrogen (secondary N) is 1. The molecule has 2 heterocycles. The summed E-state index contributed by atoms with van der Waals surface area (Å²) in [6.07, 6.45) is 10.6. The van der Waals surface area contributed by atoms with Gasteiger partial charge < -0.3 is 20.5 Å². The van der Waals surface area contributed by atoms with E-state index in [4.69, 9.17) is 15.2 Å². The van der Waals surface area contributed by atoms with Crippen molar-refractivity contribution < 1.29 is 14.3 Å². The first-order valence-corrected chi connectivity index (χ1v) is 10.7. The van der Waals surface area contributed by atoms with Gasteiger partial charge in [-0.2, -0.15) is 0 Å². The number of carbonyl (C=O) groups excluding carboxylic acids is 1. The van der Waals surface area contributed by atoms with Crippen LogP contribution in [0.3, 0.4) is 0 Å². The van der Waals surface area contributed by atoms with Crippen LogP contribution in [-0.2, 0) is 4.74 Å². The Morgan fingerprint density at radius 1 is 1.23 bits per heavy atom. The molecule has 1 amide bonds. The Morgan fingerprint density at radius 3 is 2.77 bits per heavy atom. The van der Waals surface area contributed by atoms with Crippen LogP contribution in [0.25, 0.3) is 5.57 Å². The molecule has 0 unspecified atom stereocenters. The summed E-state index contributed by atoms with van der Waals surface area (Å²) >= 11 is 0. The van der Waals surface area contributed by atoms with Crippen LogP contribution in [0, 0.1) is 6.92 Å². The molecule has 1 aliphatic carbocycles. The van der Waals surface area contributed by atoms with Gasteiger partial charge in [0.05, 0.1) is 31.3 Å². The fourth-order valence-corrected chi connectivity index (χ4v) is 3.45. The summed E-state index contributed by atoms with van der Waals surface area (Å²) in [6.45, 7) is 3.43. The highest BCUT2D eigenvalue weighted by atomic mass is 16.5. The molecule has 1 aromatic heterocycles. The summed E-state index contributed by atoms with van der Waals surface area (Å²) in [4.78, 5) is 21.2. The molecule has 0 spiro atoms. The van der Waals surface area contributed by atoms with E-state index >= 15 is 0 Å². The molecule has 2 fully saturated rings. The number of allylic oxidation sites excluding steroid dienone is 1. The smallest absolute Gasteiger partial charge is 0.251 e. The summed E-state index contributed by atoms with van der Waals surface area (Å²) in [6, 6.07) is 7.80. The van der Waals surface area contributed by atoms with Gasteiger partial charge in [-0.05, 0) is 43.0 Å². The number of hydrogen-bond acceptors (Lipinski definition) is 6. The van der Waals surface area contributed by atoms with Crippen molar-refractivity contribution in [1.82, 2.24) is 10.3 Å². The number of nitrogens with two attached hydrogens (primary N) is 1. The van der Waals surface area contributed by atoms with Crippen molar-refractivity contribution in [2.75, 3.05) is 13.2 Å². The molecule has 1 aromatic carbocycles. The van der Waals surface area contributed by atoms with E-state index in [9.17, 15) is 4.79 Å². The van der Waals surface area contributed by atoms with Crippen molar-refractivity contribution in [2.24, 2.45) is 10.7 Å². The molecule has 3 N–H and O–H groups in total. The Morgan fingerprint density at radius 2 is 2.03 bits per heavy atom. The van der Waals surface area contributed by atoms with Gasteiger partial charge in [-0.15, -0.1) is 0 Å². The zero-order valence-electron chi connectivity index (χ0n) is 17.7. The first-order valence-electron chi connectivity index (χ1n) is 10.7. The Kier molecular flexibility index (Phi) is 6.62. The second-order valence-corrected chi connectivity index (χ2v) is 7.97. The topological polar surface area (TPSA) is 98.8 Å². The first kappa shape index (κ1) is 21.1. The van der Waals surface area contributed by atoms with Crippen LogP contribution in [0.15, 0.2) is 47.9 Å². The number of amides is 1. The summed E-state index contributed by atoms with van der Waals surface area (Å²) in [5.74, 6) is 0.633. The highest BCUT2D eigenvalue weighted by Gasteiger charge is 2.24. The molecule has 162 valence electrons. The standard InChI is InChI=1S/C24H28N4O3/c1-16-2-3-17(24(29)28-19-4-5-19)10-23(16)18(12-25)13-27-20-11-22(15-26-14-20)31-21-6-8-30-9-7-21/h2-3,10-15,19,21H,4-9,25H2,1H3,(H,28,29). The van der Waals surface area contributed by atoms with Crippen LogP contribution in [0.2, 0.25) is 0 Å². The quantitative estimate of drug-likeness (QED) is 0.668. The summed E-state index contributed by atoms with van der Waals surface area (Å²) in [5, 5.41) is 3.02. The Bertz CT molecular complexity index is 992. The zero-order chi connectivity index (χ0) is 21.6. The van der Waals surface area contributed by atoms with E-state index in [-0.39, 0.29) is 12.0 Å². The molecule has 4 rings (SSSR count). The SMILES string of the molecule is Cc1ccc(C(=O)NC2CC2)cc1C(C=Nc1cncc(OC2CCOCC2)c1)=CN. The average Bonchev–Trinajstić information content (AvgIpc) is 3.60. The van der Waals surface area contributed by atoms with E-state index in [1.807, 2.05) is 31.2 Å². The second kappa shape index (κ2) is 9.75. The highest BCUT2D eigenvalue weighted by molar-refractivity contribution is 6.11. The van der Waals surface area contributed by atoms with Crippen molar-refractivity contribution in [1.29, 1.82) is 0 Å². The van der Waals surface area contributed by atoms with Gasteiger partial charge in [-0.25, -0.2) is 0 Å². The van der Waals surface area contributed by atoms with Gasteiger partial charge in [0.25, 0.3) is 5.91 Å². The Balaban J connectivity index is 1.48. The van der Waals surface area contributed by atoms with Gasteiger partial charge in [0.1, 0.15) is 11.9 Å². The van der Waals surface area contributed by atoms with Gasteiger partial charge in [-0.1, -0.05) is 6.07 Å². The molecule has 2 aromatic rings. The first-order chi connectivity index (χ1) is 15.1. The molecule has 7 heteroatoms. The molecule has 0 atom stereocenters. The fraction of sp³-hybridized carbons (Fsp3) is 0.375. The van der Waals surface area contributed by atoms with E-state index in [2.05, 4.69) is 15.3 Å². The lowest BCUT2D eigenvalue weighted by atomic mass is 9.98. The zero-order valence-corrected chi connectivity index (χ0v) is 17.7. The average molecular weight is 421 g/mol. The molecule has 1 saturated heterocycles. The summed E-state index contributed by atoms with van der Waals surface area (Å²) < 4.78 is 11.4. The monoisotopic (exact) mass is 420 g/mol. The van der Waals surface area contributed by atoms with Crippen molar-refractivity contribution in [3.05, 3.63) is 59.5 Å². The molecule has 0 radical (unpaired) electrons. The summed E-state index contributed by atoms with van der Waals surface area (Å²) in [7, 11) is 0. The van der Waals surface area contributed by atoms with Crippen molar-refractivity contribution >= 4 is 23.4 Å². The molecular weight excluding hydrogens is 392 g/mol. The van der Waals surface area contributed by atoms with E-state index in [1.54, 1.807) is 18.6 Å². The number of carbonyl (C=O) groups is 1. The van der Waals surface area contributed by atoms with E-state index in [1.165, 1.54) is 6.20 Å². The van der Waals surface area contributed by atoms with Crippen LogP contribution < -0.4 is 15.8 Å². The van der Waals surface area contributed by atoms with Crippen LogP contribution in [0.1, 0.15) is 47.2 Å². The predicted molar refractivity (Wildman–Crippen MR) is 121 cm³/mol. The minimum atomic E-state index is -0.0563. The van der Waals surface area contributed by atoms with Crippen LogP contribution in [0.4, 0.5) is 5.69 Å². The molecule has 2 aliphatic rings. The number of rotatable bonds is 7. The largest absolute Gasteiger partial charge is 0.489 e. The maximum Gasteiger partial charge on any atom is 0.251 e. The highest BCUT2D eigenvalue weighted by Crippen LogP contribution is 2.24. The molecule has 7 nitrogen and oxygen atoms in total. The molecule has 0 bridgehead atoms. The van der Waals surface area contributed by atoms with Crippen LogP contribution in [0.5, 0.6) is 5.75 Å². The number of ether oxygens (including phenoxy) is 2. The number of pyridine rings is 1. The van der Waals surface area contributed by atoms with Gasteiger partial charge in [0.15, 0.2) is 0 Å². The lowest BCUT2D eigenvalue weighted by molar-refractivity contribution is 0.0254. The maximum absolute atomic E-state index is 12.4. The van der Waals surface area contributed by atoms with Crippen molar-refractivity contribution in [3.8, 4) is 5.75 Å². The lowest BCUT2D eigenvalue weighted by Gasteiger charge is -2.23. The van der Waals surface area contributed by atoms with Gasteiger partial charge in [0.2, 0.25) is 0 Å². The van der Waals surface area contributed by atoms with Crippen LogP contribution >= 0.6 is 0 Å². The third-order valence-electron chi connectivity index (χ3n) is 5.43. The third kappa shape index (κ3) is 5.70. The molecular formula is C24H28N4O3. The predicted octanol–water partition coefficient (Wildman–Crippen LogP) is 3.54. The molecule has 1 aliphatic heterocycles. The minimum absolute atomic E-state index is 0.0563. The van der Waals surface area contributed by atoms with E-state index in [0.29, 0.717) is 23.0 Å². The number of aromatic nitrogens is 1. The van der Waals surface area contributed by atoms with Crippen LogP contribution in [-0.4, -0.2) is 42.5 Å². The normalized spacial score (nSPS) is 17.6. The van der Waals surface area contributed by atoms with Crippen molar-refractivity contribution in [3.63, 3.8) is 0 Å². The number of aliphatic imine (C=N–C) groups is 1. The minimum Gasteiger partial charge on any atom is -0.489 e. The van der Waals surface area contributed by atoms with Crippen molar-refractivity contribution in [2.45, 2.75) is 44.8 Å². The van der Waals surface area contributed by atoms with Gasteiger partial charge in [0, 0.05) is 48.5 Å². The lowest BCUT2D eigenvalue weighted by Crippen LogP contribution is -2.25.